The normalized spacial score (nSPS) is 12.1. The fourth-order valence-electron chi connectivity index (χ4n) is 1.91. The number of alkyl halides is 3. The molecule has 136 valence electrons. The Bertz CT molecular complexity index is 508. The van der Waals surface area contributed by atoms with Crippen molar-refractivity contribution in [1.82, 2.24) is 10.6 Å². The van der Waals surface area contributed by atoms with Crippen molar-refractivity contribution >= 4 is 5.96 Å². The summed E-state index contributed by atoms with van der Waals surface area (Å²) < 4.78 is 45.8. The molecule has 0 aliphatic rings. The van der Waals surface area contributed by atoms with E-state index in [1.54, 1.807) is 7.05 Å². The zero-order valence-electron chi connectivity index (χ0n) is 13.9. The molecule has 8 heteroatoms. The van der Waals surface area contributed by atoms with Crippen molar-refractivity contribution in [2.75, 3.05) is 33.4 Å². The minimum atomic E-state index is -4.28. The van der Waals surface area contributed by atoms with Crippen LogP contribution in [0.3, 0.4) is 0 Å². The highest BCUT2D eigenvalue weighted by Gasteiger charge is 2.27. The quantitative estimate of drug-likeness (QED) is 0.410. The number of hydrogen-bond acceptors (Lipinski definition) is 3. The van der Waals surface area contributed by atoms with Crippen molar-refractivity contribution in [2.45, 2.75) is 26.1 Å². The van der Waals surface area contributed by atoms with Crippen LogP contribution < -0.4 is 15.4 Å². The molecule has 0 aliphatic carbocycles. The lowest BCUT2D eigenvalue weighted by atomic mass is 10.2. The highest BCUT2D eigenvalue weighted by atomic mass is 19.4. The van der Waals surface area contributed by atoms with Gasteiger partial charge in [0.1, 0.15) is 12.4 Å². The van der Waals surface area contributed by atoms with Crippen LogP contribution in [-0.4, -0.2) is 45.5 Å². The number of aliphatic imine (C=N–C) groups is 1. The largest absolute Gasteiger partial charge is 0.494 e. The number of halogens is 3. The van der Waals surface area contributed by atoms with Gasteiger partial charge in [-0.2, -0.15) is 13.2 Å². The Balaban J connectivity index is 2.28. The molecule has 0 saturated carbocycles. The molecule has 0 unspecified atom stereocenters. The standard InChI is InChI=1S/C16H24F3N3O2/c1-3-24-14-8-5-4-7-13(14)11-22-15(20-2)21-9-6-10-23-12-16(17,18)19/h4-5,7-8H,3,6,9-12H2,1-2H3,(H2,20,21,22). The molecule has 2 N–H and O–H groups in total. The van der Waals surface area contributed by atoms with Crippen LogP contribution in [0.25, 0.3) is 0 Å². The van der Waals surface area contributed by atoms with Crippen molar-refractivity contribution in [2.24, 2.45) is 4.99 Å². The smallest absolute Gasteiger partial charge is 0.411 e. The average molecular weight is 347 g/mol. The summed E-state index contributed by atoms with van der Waals surface area (Å²) in [5.41, 5.74) is 0.996. The zero-order chi connectivity index (χ0) is 17.8. The summed E-state index contributed by atoms with van der Waals surface area (Å²) in [4.78, 5) is 4.07. The fourth-order valence-corrected chi connectivity index (χ4v) is 1.91. The van der Waals surface area contributed by atoms with E-state index < -0.39 is 12.8 Å². The second-order valence-electron chi connectivity index (χ2n) is 4.91. The second-order valence-corrected chi connectivity index (χ2v) is 4.91. The van der Waals surface area contributed by atoms with Crippen molar-refractivity contribution in [3.63, 3.8) is 0 Å². The third-order valence-corrected chi connectivity index (χ3v) is 2.97. The molecule has 0 bridgehead atoms. The number of hydrogen-bond donors (Lipinski definition) is 2. The third kappa shape index (κ3) is 8.61. The Labute approximate surface area is 140 Å². The van der Waals surface area contributed by atoms with Crippen LogP contribution in [0.1, 0.15) is 18.9 Å². The van der Waals surface area contributed by atoms with Crippen LogP contribution >= 0.6 is 0 Å². The van der Waals surface area contributed by atoms with Gasteiger partial charge in [-0.1, -0.05) is 18.2 Å². The van der Waals surface area contributed by atoms with Gasteiger partial charge in [-0.3, -0.25) is 4.99 Å². The van der Waals surface area contributed by atoms with Crippen molar-refractivity contribution in [3.05, 3.63) is 29.8 Å². The molecule has 24 heavy (non-hydrogen) atoms. The summed E-state index contributed by atoms with van der Waals surface area (Å²) in [6.07, 6.45) is -3.83. The maximum Gasteiger partial charge on any atom is 0.411 e. The summed E-state index contributed by atoms with van der Waals surface area (Å²) in [5, 5.41) is 6.16. The molecule has 0 fully saturated rings. The van der Waals surface area contributed by atoms with E-state index in [0.29, 0.717) is 32.1 Å². The number of rotatable bonds is 9. The third-order valence-electron chi connectivity index (χ3n) is 2.97. The molecule has 0 spiro atoms. The number of benzene rings is 1. The van der Waals surface area contributed by atoms with Gasteiger partial charge in [0.25, 0.3) is 0 Å². The van der Waals surface area contributed by atoms with E-state index >= 15 is 0 Å². The number of guanidine groups is 1. The van der Waals surface area contributed by atoms with E-state index in [4.69, 9.17) is 4.74 Å². The molecule has 1 aromatic rings. The van der Waals surface area contributed by atoms with E-state index in [1.165, 1.54) is 0 Å². The number of para-hydroxylation sites is 1. The van der Waals surface area contributed by atoms with E-state index in [0.717, 1.165) is 11.3 Å². The monoisotopic (exact) mass is 347 g/mol. The van der Waals surface area contributed by atoms with Crippen LogP contribution in [0, 0.1) is 0 Å². The first kappa shape index (κ1) is 20.1. The van der Waals surface area contributed by atoms with E-state index in [-0.39, 0.29) is 6.61 Å². The summed E-state index contributed by atoms with van der Waals surface area (Å²) in [5.74, 6) is 1.38. The summed E-state index contributed by atoms with van der Waals surface area (Å²) in [6.45, 7) is 2.32. The van der Waals surface area contributed by atoms with Gasteiger partial charge < -0.3 is 20.1 Å². The lowest BCUT2D eigenvalue weighted by molar-refractivity contribution is -0.173. The summed E-state index contributed by atoms with van der Waals surface area (Å²) in [6, 6.07) is 7.68. The molecule has 1 aromatic carbocycles. The molecular formula is C16H24F3N3O2. The van der Waals surface area contributed by atoms with E-state index in [9.17, 15) is 13.2 Å². The lowest BCUT2D eigenvalue weighted by Gasteiger charge is -2.14. The van der Waals surface area contributed by atoms with Gasteiger partial charge in [-0.15, -0.1) is 0 Å². The molecule has 1 rings (SSSR count). The van der Waals surface area contributed by atoms with Crippen LogP contribution in [0.15, 0.2) is 29.3 Å². The molecule has 0 aromatic heterocycles. The van der Waals surface area contributed by atoms with Gasteiger partial charge in [0.2, 0.25) is 0 Å². The van der Waals surface area contributed by atoms with Gasteiger partial charge in [0.15, 0.2) is 5.96 Å². The van der Waals surface area contributed by atoms with Gasteiger partial charge in [-0.05, 0) is 19.4 Å². The lowest BCUT2D eigenvalue weighted by Crippen LogP contribution is -2.37. The molecule has 0 aliphatic heterocycles. The first-order chi connectivity index (χ1) is 11.5. The Hall–Kier alpha value is -1.96. The molecule has 0 saturated heterocycles. The highest BCUT2D eigenvalue weighted by molar-refractivity contribution is 5.79. The Kier molecular flexibility index (Phi) is 8.99. The second kappa shape index (κ2) is 10.7. The summed E-state index contributed by atoms with van der Waals surface area (Å²) >= 11 is 0. The maximum absolute atomic E-state index is 11.9. The number of nitrogens with zero attached hydrogens (tertiary/aromatic N) is 1. The van der Waals surface area contributed by atoms with Crippen LogP contribution in [-0.2, 0) is 11.3 Å². The van der Waals surface area contributed by atoms with Gasteiger partial charge in [0, 0.05) is 32.3 Å². The minimum Gasteiger partial charge on any atom is -0.494 e. The molecule has 0 radical (unpaired) electrons. The van der Waals surface area contributed by atoms with Crippen LogP contribution in [0.5, 0.6) is 5.75 Å². The average Bonchev–Trinajstić information content (AvgIpc) is 2.54. The Morgan fingerprint density at radius 2 is 1.96 bits per heavy atom. The van der Waals surface area contributed by atoms with Crippen molar-refractivity contribution in [1.29, 1.82) is 0 Å². The zero-order valence-corrected chi connectivity index (χ0v) is 13.9. The van der Waals surface area contributed by atoms with Crippen LogP contribution in [0.4, 0.5) is 13.2 Å². The van der Waals surface area contributed by atoms with Gasteiger partial charge in [0.05, 0.1) is 6.61 Å². The fraction of sp³-hybridized carbons (Fsp3) is 0.562. The first-order valence-electron chi connectivity index (χ1n) is 7.76. The SMILES string of the molecule is CCOc1ccccc1CNC(=NC)NCCCOCC(F)(F)F. The van der Waals surface area contributed by atoms with Gasteiger partial charge >= 0.3 is 6.18 Å². The van der Waals surface area contributed by atoms with Crippen molar-refractivity contribution < 1.29 is 22.6 Å². The minimum absolute atomic E-state index is 0.0384. The highest BCUT2D eigenvalue weighted by Crippen LogP contribution is 2.17. The van der Waals surface area contributed by atoms with Crippen LogP contribution in [0.2, 0.25) is 0 Å². The summed E-state index contributed by atoms with van der Waals surface area (Å²) in [7, 11) is 1.63. The number of nitrogens with one attached hydrogen (secondary N) is 2. The van der Waals surface area contributed by atoms with Crippen molar-refractivity contribution in [3.8, 4) is 5.75 Å². The Morgan fingerprint density at radius 1 is 1.21 bits per heavy atom. The maximum atomic E-state index is 11.9. The number of ether oxygens (including phenoxy) is 2. The van der Waals surface area contributed by atoms with E-state index in [2.05, 4.69) is 20.4 Å². The molecule has 0 amide bonds. The Morgan fingerprint density at radius 3 is 2.62 bits per heavy atom. The topological polar surface area (TPSA) is 54.9 Å². The molecule has 5 nitrogen and oxygen atoms in total. The molecule has 0 atom stereocenters. The predicted octanol–water partition coefficient (Wildman–Crippen LogP) is 2.72. The predicted molar refractivity (Wildman–Crippen MR) is 87.3 cm³/mol. The van der Waals surface area contributed by atoms with Gasteiger partial charge in [-0.25, -0.2) is 0 Å². The molecule has 0 heterocycles. The molecular weight excluding hydrogens is 323 g/mol. The first-order valence-corrected chi connectivity index (χ1v) is 7.76. The van der Waals surface area contributed by atoms with E-state index in [1.807, 2.05) is 31.2 Å².